The molecule has 3 heteroatoms. The van der Waals surface area contributed by atoms with Crippen LogP contribution in [0, 0.1) is 31.1 Å². The number of hydrogen-bond donors (Lipinski definition) is 1. The predicted octanol–water partition coefficient (Wildman–Crippen LogP) is 3.17. The molecule has 1 saturated carbocycles. The van der Waals surface area contributed by atoms with Crippen molar-refractivity contribution in [1.82, 2.24) is 4.98 Å². The largest absolute Gasteiger partial charge is 0.366 e. The molecule has 1 heterocycles. The molecule has 0 spiro atoms. The van der Waals surface area contributed by atoms with E-state index >= 15 is 0 Å². The minimum Gasteiger partial charge on any atom is -0.366 e. The monoisotopic (exact) mass is 229 g/mol. The average Bonchev–Trinajstić information content (AvgIpc) is 2.96. The predicted molar refractivity (Wildman–Crippen MR) is 68.9 cm³/mol. The third-order valence-electron chi connectivity index (χ3n) is 3.36. The minimum atomic E-state index is 0.524. The zero-order valence-corrected chi connectivity index (χ0v) is 10.7. The standard InChI is InChI=1S/C14H19N3/c1-4-5-11-7-13(11)17-14-12(8-15)9(2)6-10(3)16-14/h6,11,13H,4-5,7H2,1-3H3,(H,16,17). The first kappa shape index (κ1) is 11.9. The van der Waals surface area contributed by atoms with Gasteiger partial charge in [0.25, 0.3) is 0 Å². The maximum Gasteiger partial charge on any atom is 0.144 e. The summed E-state index contributed by atoms with van der Waals surface area (Å²) >= 11 is 0. The van der Waals surface area contributed by atoms with Crippen LogP contribution >= 0.6 is 0 Å². The van der Waals surface area contributed by atoms with Crippen molar-refractivity contribution in [2.75, 3.05) is 5.32 Å². The van der Waals surface area contributed by atoms with Crippen LogP contribution in [0.2, 0.25) is 0 Å². The SMILES string of the molecule is CCCC1CC1Nc1nc(C)cc(C)c1C#N. The number of anilines is 1. The fraction of sp³-hybridized carbons (Fsp3) is 0.571. The topological polar surface area (TPSA) is 48.7 Å². The highest BCUT2D eigenvalue weighted by Crippen LogP contribution is 2.37. The Morgan fingerprint density at radius 2 is 2.29 bits per heavy atom. The second kappa shape index (κ2) is 4.75. The fourth-order valence-corrected chi connectivity index (χ4v) is 2.37. The molecule has 1 aliphatic carbocycles. The maximum absolute atomic E-state index is 9.16. The smallest absolute Gasteiger partial charge is 0.144 e. The molecular weight excluding hydrogens is 210 g/mol. The van der Waals surface area contributed by atoms with Crippen LogP contribution in [0.15, 0.2) is 6.07 Å². The van der Waals surface area contributed by atoms with Crippen molar-refractivity contribution < 1.29 is 0 Å². The summed E-state index contributed by atoms with van der Waals surface area (Å²) in [5.41, 5.74) is 2.67. The molecule has 90 valence electrons. The van der Waals surface area contributed by atoms with Gasteiger partial charge < -0.3 is 5.32 Å². The first-order chi connectivity index (χ1) is 8.15. The van der Waals surface area contributed by atoms with Gasteiger partial charge in [-0.1, -0.05) is 13.3 Å². The molecule has 17 heavy (non-hydrogen) atoms. The van der Waals surface area contributed by atoms with E-state index in [0.29, 0.717) is 11.6 Å². The van der Waals surface area contributed by atoms with Crippen molar-refractivity contribution in [1.29, 1.82) is 5.26 Å². The Hall–Kier alpha value is -1.56. The highest BCUT2D eigenvalue weighted by atomic mass is 15.1. The van der Waals surface area contributed by atoms with Crippen LogP contribution in [0.3, 0.4) is 0 Å². The van der Waals surface area contributed by atoms with Crippen LogP contribution in [-0.2, 0) is 0 Å². The van der Waals surface area contributed by atoms with E-state index in [9.17, 15) is 0 Å². The first-order valence-corrected chi connectivity index (χ1v) is 6.30. The van der Waals surface area contributed by atoms with Crippen LogP contribution in [-0.4, -0.2) is 11.0 Å². The van der Waals surface area contributed by atoms with Gasteiger partial charge in [0.05, 0.1) is 5.56 Å². The van der Waals surface area contributed by atoms with E-state index in [4.69, 9.17) is 5.26 Å². The summed E-state index contributed by atoms with van der Waals surface area (Å²) in [7, 11) is 0. The molecule has 0 radical (unpaired) electrons. The Bertz CT molecular complexity index is 459. The van der Waals surface area contributed by atoms with Crippen molar-refractivity contribution in [3.63, 3.8) is 0 Å². The number of nitrogens with zero attached hydrogens (tertiary/aromatic N) is 2. The van der Waals surface area contributed by atoms with Crippen molar-refractivity contribution in [3.8, 4) is 6.07 Å². The van der Waals surface area contributed by atoms with Gasteiger partial charge in [-0.2, -0.15) is 5.26 Å². The van der Waals surface area contributed by atoms with Gasteiger partial charge in [0.15, 0.2) is 0 Å². The molecule has 1 N–H and O–H groups in total. The summed E-state index contributed by atoms with van der Waals surface area (Å²) in [5.74, 6) is 1.54. The van der Waals surface area contributed by atoms with E-state index in [-0.39, 0.29) is 0 Å². The molecule has 0 amide bonds. The van der Waals surface area contributed by atoms with Gasteiger partial charge in [-0.15, -0.1) is 0 Å². The fourth-order valence-electron chi connectivity index (χ4n) is 2.37. The maximum atomic E-state index is 9.16. The molecule has 0 aliphatic heterocycles. The van der Waals surface area contributed by atoms with E-state index in [1.807, 2.05) is 19.9 Å². The lowest BCUT2D eigenvalue weighted by Gasteiger charge is -2.10. The summed E-state index contributed by atoms with van der Waals surface area (Å²) < 4.78 is 0. The second-order valence-electron chi connectivity index (χ2n) is 4.95. The van der Waals surface area contributed by atoms with Crippen LogP contribution in [0.5, 0.6) is 0 Å². The summed E-state index contributed by atoms with van der Waals surface area (Å²) in [4.78, 5) is 4.45. The molecule has 1 aromatic heterocycles. The van der Waals surface area contributed by atoms with Crippen LogP contribution in [0.1, 0.15) is 43.0 Å². The van der Waals surface area contributed by atoms with Gasteiger partial charge >= 0.3 is 0 Å². The number of nitriles is 1. The molecule has 2 atom stereocenters. The molecule has 0 aromatic carbocycles. The van der Waals surface area contributed by atoms with Crippen molar-refractivity contribution in [2.45, 2.75) is 46.1 Å². The minimum absolute atomic E-state index is 0.524. The highest BCUT2D eigenvalue weighted by Gasteiger charge is 2.36. The Kier molecular flexibility index (Phi) is 3.33. The molecular formula is C14H19N3. The summed E-state index contributed by atoms with van der Waals surface area (Å²) in [6.07, 6.45) is 3.71. The van der Waals surface area contributed by atoms with E-state index in [1.165, 1.54) is 19.3 Å². The van der Waals surface area contributed by atoms with Crippen molar-refractivity contribution in [3.05, 3.63) is 22.9 Å². The third kappa shape index (κ3) is 2.58. The molecule has 1 fully saturated rings. The van der Waals surface area contributed by atoms with Crippen LogP contribution in [0.25, 0.3) is 0 Å². The number of aromatic nitrogens is 1. The quantitative estimate of drug-likeness (QED) is 0.862. The summed E-state index contributed by atoms with van der Waals surface area (Å²) in [6.45, 7) is 6.15. The van der Waals surface area contributed by atoms with E-state index in [0.717, 1.165) is 23.0 Å². The lowest BCUT2D eigenvalue weighted by molar-refractivity contribution is 0.692. The molecule has 3 nitrogen and oxygen atoms in total. The Morgan fingerprint density at radius 1 is 1.53 bits per heavy atom. The number of hydrogen-bond acceptors (Lipinski definition) is 3. The molecule has 2 rings (SSSR count). The second-order valence-corrected chi connectivity index (χ2v) is 4.95. The first-order valence-electron chi connectivity index (χ1n) is 6.30. The lowest BCUT2D eigenvalue weighted by atomic mass is 10.1. The summed E-state index contributed by atoms with van der Waals surface area (Å²) in [5, 5.41) is 12.6. The van der Waals surface area contributed by atoms with E-state index in [2.05, 4.69) is 23.3 Å². The van der Waals surface area contributed by atoms with Gasteiger partial charge in [-0.3, -0.25) is 0 Å². The van der Waals surface area contributed by atoms with Crippen LogP contribution in [0.4, 0.5) is 5.82 Å². The lowest BCUT2D eigenvalue weighted by Crippen LogP contribution is -2.09. The van der Waals surface area contributed by atoms with Crippen LogP contribution < -0.4 is 5.32 Å². The number of aryl methyl sites for hydroxylation is 2. The normalized spacial score (nSPS) is 22.0. The van der Waals surface area contributed by atoms with E-state index < -0.39 is 0 Å². The Labute approximate surface area is 103 Å². The third-order valence-corrected chi connectivity index (χ3v) is 3.36. The summed E-state index contributed by atoms with van der Waals surface area (Å²) in [6, 6.07) is 4.73. The van der Waals surface area contributed by atoms with Gasteiger partial charge in [0.1, 0.15) is 11.9 Å². The zero-order chi connectivity index (χ0) is 12.4. The van der Waals surface area contributed by atoms with Gasteiger partial charge in [-0.05, 0) is 44.2 Å². The Morgan fingerprint density at radius 3 is 2.94 bits per heavy atom. The van der Waals surface area contributed by atoms with Gasteiger partial charge in [0, 0.05) is 11.7 Å². The molecule has 2 unspecified atom stereocenters. The molecule has 0 saturated heterocycles. The van der Waals surface area contributed by atoms with Crippen molar-refractivity contribution >= 4 is 5.82 Å². The van der Waals surface area contributed by atoms with Gasteiger partial charge in [0.2, 0.25) is 0 Å². The van der Waals surface area contributed by atoms with Gasteiger partial charge in [-0.25, -0.2) is 4.98 Å². The number of nitrogens with one attached hydrogen (secondary N) is 1. The average molecular weight is 229 g/mol. The molecule has 1 aromatic rings. The van der Waals surface area contributed by atoms with Crippen molar-refractivity contribution in [2.24, 2.45) is 5.92 Å². The zero-order valence-electron chi connectivity index (χ0n) is 10.7. The van der Waals surface area contributed by atoms with E-state index in [1.54, 1.807) is 0 Å². The molecule has 1 aliphatic rings. The molecule has 0 bridgehead atoms. The Balaban J connectivity index is 2.14. The number of pyridine rings is 1. The highest BCUT2D eigenvalue weighted by molar-refractivity contribution is 5.57. The number of rotatable bonds is 4.